The number of nitrogens with zero attached hydrogens (tertiary/aromatic N) is 2. The Morgan fingerprint density at radius 2 is 1.82 bits per heavy atom. The quantitative estimate of drug-likeness (QED) is 0.174. The summed E-state index contributed by atoms with van der Waals surface area (Å²) in [6, 6.07) is 5.97. The summed E-state index contributed by atoms with van der Waals surface area (Å²) in [6.07, 6.45) is 3.59. The number of fused-ring (bicyclic) bond motifs is 1. The SMILES string of the molecule is CC(=O)C[n+]1ccc(SCC2=C(C(=O)O)N3C(=O)[C@H](NC(=O)CSc4cc(Cl)c(Cl)cc4Cl)[C@H]3SC2)cc1. The van der Waals surface area contributed by atoms with Crippen molar-refractivity contribution >= 4 is 93.7 Å². The molecule has 0 spiro atoms. The second kappa shape index (κ2) is 12.5. The molecular weight excluding hydrogens is 613 g/mol. The van der Waals surface area contributed by atoms with Gasteiger partial charge in [-0.3, -0.25) is 19.3 Å². The maximum absolute atomic E-state index is 12.9. The number of carbonyl (C=O) groups excluding carboxylic acids is 3. The van der Waals surface area contributed by atoms with Gasteiger partial charge in [0, 0.05) is 40.4 Å². The molecule has 2 aliphatic heterocycles. The fourth-order valence-electron chi connectivity index (χ4n) is 3.84. The number of hydrogen-bond acceptors (Lipinski definition) is 7. The molecule has 0 unspecified atom stereocenters. The minimum absolute atomic E-state index is 0.00808. The van der Waals surface area contributed by atoms with E-state index in [0.29, 0.717) is 37.0 Å². The molecule has 0 aliphatic carbocycles. The third kappa shape index (κ3) is 6.63. The number of amides is 2. The van der Waals surface area contributed by atoms with Crippen LogP contribution in [0.1, 0.15) is 6.92 Å². The Kier molecular flexibility index (Phi) is 9.59. The molecule has 1 aromatic heterocycles. The number of carboxylic acid groups (broad SMARTS) is 1. The number of aliphatic carboxylic acids is 1. The first-order valence-corrected chi connectivity index (χ1v) is 15.3. The van der Waals surface area contributed by atoms with Crippen molar-refractivity contribution in [2.45, 2.75) is 34.7 Å². The van der Waals surface area contributed by atoms with Gasteiger partial charge in [-0.25, -0.2) is 4.79 Å². The van der Waals surface area contributed by atoms with E-state index in [2.05, 4.69) is 5.32 Å². The number of carbonyl (C=O) groups is 4. The van der Waals surface area contributed by atoms with Crippen LogP contribution in [-0.2, 0) is 25.7 Å². The van der Waals surface area contributed by atoms with Crippen LogP contribution >= 0.6 is 70.1 Å². The lowest BCUT2D eigenvalue weighted by atomic mass is 10.0. The number of rotatable bonds is 10. The number of hydrogen-bond donors (Lipinski definition) is 2. The fourth-order valence-corrected chi connectivity index (χ4v) is 7.75. The molecule has 2 N–H and O–H groups in total. The fraction of sp³-hybridized carbons (Fsp3) is 0.292. The van der Waals surface area contributed by atoms with Crippen molar-refractivity contribution in [2.75, 3.05) is 17.3 Å². The van der Waals surface area contributed by atoms with Crippen LogP contribution < -0.4 is 9.88 Å². The van der Waals surface area contributed by atoms with Gasteiger partial charge in [-0.05, 0) is 17.7 Å². The number of ketones is 1. The number of carboxylic acids is 1. The molecular formula is C24H21Cl3N3O5S3+. The van der Waals surface area contributed by atoms with Gasteiger partial charge in [0.2, 0.25) is 12.5 Å². The monoisotopic (exact) mass is 632 g/mol. The zero-order valence-electron chi connectivity index (χ0n) is 19.8. The molecule has 4 rings (SSSR count). The molecule has 8 nitrogen and oxygen atoms in total. The van der Waals surface area contributed by atoms with E-state index in [1.54, 1.807) is 23.0 Å². The van der Waals surface area contributed by atoms with Crippen molar-refractivity contribution in [1.29, 1.82) is 0 Å². The predicted octanol–water partition coefficient (Wildman–Crippen LogP) is 4.15. The lowest BCUT2D eigenvalue weighted by Crippen LogP contribution is -2.70. The lowest BCUT2D eigenvalue weighted by molar-refractivity contribution is -0.684. The van der Waals surface area contributed by atoms with Gasteiger partial charge in [0.1, 0.15) is 17.1 Å². The molecule has 1 fully saturated rings. The molecule has 1 saturated heterocycles. The van der Waals surface area contributed by atoms with Crippen LogP contribution in [0.3, 0.4) is 0 Å². The average molecular weight is 634 g/mol. The van der Waals surface area contributed by atoms with E-state index in [0.717, 1.165) is 16.7 Å². The average Bonchev–Trinajstić information content (AvgIpc) is 2.87. The highest BCUT2D eigenvalue weighted by Crippen LogP contribution is 2.42. The van der Waals surface area contributed by atoms with E-state index >= 15 is 0 Å². The maximum Gasteiger partial charge on any atom is 0.352 e. The van der Waals surface area contributed by atoms with Gasteiger partial charge in [0.25, 0.3) is 5.91 Å². The second-order valence-electron chi connectivity index (χ2n) is 8.39. The molecule has 2 amide bonds. The molecule has 0 radical (unpaired) electrons. The van der Waals surface area contributed by atoms with Gasteiger partial charge in [0.05, 0.1) is 20.8 Å². The molecule has 14 heteroatoms. The van der Waals surface area contributed by atoms with Gasteiger partial charge in [-0.1, -0.05) is 34.8 Å². The van der Waals surface area contributed by atoms with E-state index in [1.807, 2.05) is 12.1 Å². The Hall–Kier alpha value is -1.89. The number of β-lactam (4-membered cyclic amide) rings is 1. The summed E-state index contributed by atoms with van der Waals surface area (Å²) in [5.74, 6) is -1.18. The standard InChI is InChI=1S/C24H20Cl3N3O5S3/c1-12(31)8-29-4-2-14(3-5-29)36-9-13-10-38-23-20(22(33)30(23)21(13)24(34)35)28-19(32)11-37-18-7-16(26)15(25)6-17(18)27/h2-7,20,23H,8-11H2,1H3,(H-,28,32,34,35)/p+1/t20-,23+/m0/s1. The Balaban J connectivity index is 1.36. The molecule has 38 heavy (non-hydrogen) atoms. The van der Waals surface area contributed by atoms with Crippen molar-refractivity contribution in [3.8, 4) is 0 Å². The summed E-state index contributed by atoms with van der Waals surface area (Å²) < 4.78 is 1.76. The zero-order valence-corrected chi connectivity index (χ0v) is 24.5. The maximum atomic E-state index is 12.9. The van der Waals surface area contributed by atoms with E-state index in [-0.39, 0.29) is 29.7 Å². The summed E-state index contributed by atoms with van der Waals surface area (Å²) in [4.78, 5) is 51.6. The van der Waals surface area contributed by atoms with Crippen molar-refractivity contribution in [1.82, 2.24) is 10.2 Å². The van der Waals surface area contributed by atoms with E-state index in [4.69, 9.17) is 34.8 Å². The molecule has 2 aliphatic rings. The van der Waals surface area contributed by atoms with Gasteiger partial charge in [0.15, 0.2) is 18.2 Å². The van der Waals surface area contributed by atoms with Crippen LogP contribution in [0.2, 0.25) is 15.1 Å². The number of benzene rings is 1. The molecule has 0 bridgehead atoms. The Bertz CT molecular complexity index is 1340. The highest BCUT2D eigenvalue weighted by Gasteiger charge is 2.54. The topological polar surface area (TPSA) is 108 Å². The minimum Gasteiger partial charge on any atom is -0.477 e. The molecule has 1 aromatic carbocycles. The van der Waals surface area contributed by atoms with Gasteiger partial charge in [-0.15, -0.1) is 35.3 Å². The second-order valence-corrected chi connectivity index (χ2v) is 12.8. The van der Waals surface area contributed by atoms with Crippen molar-refractivity contribution in [3.63, 3.8) is 0 Å². The Morgan fingerprint density at radius 1 is 1.13 bits per heavy atom. The number of halogens is 3. The number of thioether (sulfide) groups is 3. The zero-order chi connectivity index (χ0) is 27.6. The van der Waals surface area contributed by atoms with Crippen LogP contribution in [0.4, 0.5) is 0 Å². The minimum atomic E-state index is -1.18. The van der Waals surface area contributed by atoms with Crippen LogP contribution in [0, 0.1) is 0 Å². The summed E-state index contributed by atoms with van der Waals surface area (Å²) in [6.45, 7) is 1.80. The first-order chi connectivity index (χ1) is 18.0. The van der Waals surface area contributed by atoms with Crippen LogP contribution in [0.5, 0.6) is 0 Å². The van der Waals surface area contributed by atoms with Crippen molar-refractivity contribution in [3.05, 3.63) is 63.0 Å². The lowest BCUT2D eigenvalue weighted by Gasteiger charge is -2.49. The summed E-state index contributed by atoms with van der Waals surface area (Å²) in [5, 5.41) is 13.1. The molecule has 2 aromatic rings. The molecule has 3 heterocycles. The van der Waals surface area contributed by atoms with Crippen molar-refractivity contribution < 1.29 is 28.9 Å². The number of pyridine rings is 1. The highest BCUT2D eigenvalue weighted by atomic mass is 35.5. The largest absolute Gasteiger partial charge is 0.477 e. The van der Waals surface area contributed by atoms with E-state index in [9.17, 15) is 24.3 Å². The van der Waals surface area contributed by atoms with Crippen LogP contribution in [-0.4, -0.2) is 62.2 Å². The Morgan fingerprint density at radius 3 is 2.47 bits per heavy atom. The van der Waals surface area contributed by atoms with Gasteiger partial charge in [-0.2, -0.15) is 4.57 Å². The summed E-state index contributed by atoms with van der Waals surface area (Å²) in [7, 11) is 0. The first-order valence-electron chi connectivity index (χ1n) is 11.1. The van der Waals surface area contributed by atoms with Gasteiger partial charge >= 0.3 is 5.97 Å². The third-order valence-corrected chi connectivity index (χ3v) is 10.2. The third-order valence-electron chi connectivity index (χ3n) is 5.58. The number of aromatic nitrogens is 1. The molecule has 200 valence electrons. The van der Waals surface area contributed by atoms with Crippen LogP contribution in [0.15, 0.2) is 57.7 Å². The summed E-state index contributed by atoms with van der Waals surface area (Å²) in [5.41, 5.74) is 0.600. The first kappa shape index (κ1) is 29.1. The smallest absolute Gasteiger partial charge is 0.352 e. The van der Waals surface area contributed by atoms with E-state index in [1.165, 1.54) is 41.4 Å². The molecule has 2 atom stereocenters. The summed E-state index contributed by atoms with van der Waals surface area (Å²) >= 11 is 22.1. The van der Waals surface area contributed by atoms with Gasteiger partial charge < -0.3 is 10.4 Å². The van der Waals surface area contributed by atoms with Crippen LogP contribution in [0.25, 0.3) is 0 Å². The highest BCUT2D eigenvalue weighted by molar-refractivity contribution is 8.01. The predicted molar refractivity (Wildman–Crippen MR) is 150 cm³/mol. The Labute approximate surface area is 246 Å². The van der Waals surface area contributed by atoms with Crippen molar-refractivity contribution in [2.24, 2.45) is 0 Å². The number of Topliss-reactive ketones (excluding diaryl/α,β-unsaturated/α-hetero) is 1. The molecule has 0 saturated carbocycles. The number of nitrogens with one attached hydrogen (secondary N) is 1. The van der Waals surface area contributed by atoms with E-state index < -0.39 is 23.3 Å². The normalized spacial score (nSPS) is 18.6.